The summed E-state index contributed by atoms with van der Waals surface area (Å²) in [5.41, 5.74) is -0.244. The number of nitrogens with zero attached hydrogens (tertiary/aromatic N) is 1. The molecule has 1 aromatic heterocycles. The smallest absolute Gasteiger partial charge is 0.231 e. The molecule has 0 radical (unpaired) electrons. The molecule has 3 nitrogen and oxygen atoms in total. The van der Waals surface area contributed by atoms with Crippen molar-refractivity contribution in [1.29, 1.82) is 0 Å². The summed E-state index contributed by atoms with van der Waals surface area (Å²) in [4.78, 5) is 26.6. The van der Waals surface area contributed by atoms with E-state index < -0.39 is 0 Å². The lowest BCUT2D eigenvalue weighted by Crippen LogP contribution is -2.51. The second kappa shape index (κ2) is 4.26. The highest BCUT2D eigenvalue weighted by Gasteiger charge is 2.39. The van der Waals surface area contributed by atoms with Crippen molar-refractivity contribution in [3.05, 3.63) is 22.4 Å². The predicted octanol–water partition coefficient (Wildman–Crippen LogP) is 2.78. The normalized spacial score (nSPS) is 22.1. The number of thiophene rings is 1. The van der Waals surface area contributed by atoms with E-state index in [9.17, 15) is 9.59 Å². The summed E-state index contributed by atoms with van der Waals surface area (Å²) in [5, 5.41) is 1.99. The number of likely N-dealkylation sites (tertiary alicyclic amines) is 1. The fourth-order valence-electron chi connectivity index (χ4n) is 2.36. The monoisotopic (exact) mass is 251 g/mol. The van der Waals surface area contributed by atoms with Gasteiger partial charge in [0, 0.05) is 16.8 Å². The fourth-order valence-corrected chi connectivity index (χ4v) is 3.17. The van der Waals surface area contributed by atoms with Crippen LogP contribution in [0.3, 0.4) is 0 Å². The Morgan fingerprint density at radius 1 is 1.35 bits per heavy atom. The zero-order valence-corrected chi connectivity index (χ0v) is 11.2. The second-order valence-electron chi connectivity index (χ2n) is 5.39. The van der Waals surface area contributed by atoms with Crippen molar-refractivity contribution in [2.75, 3.05) is 0 Å². The molecule has 0 aliphatic carbocycles. The number of rotatable bonds is 1. The van der Waals surface area contributed by atoms with Crippen LogP contribution < -0.4 is 0 Å². The van der Waals surface area contributed by atoms with E-state index in [0.29, 0.717) is 6.42 Å². The van der Waals surface area contributed by atoms with Gasteiger partial charge in [-0.3, -0.25) is 9.59 Å². The summed E-state index contributed by atoms with van der Waals surface area (Å²) in [6.07, 6.45) is 0.503. The van der Waals surface area contributed by atoms with Gasteiger partial charge in [0.05, 0.1) is 12.5 Å². The number of hydrogen-bond donors (Lipinski definition) is 0. The highest BCUT2D eigenvalue weighted by atomic mass is 32.1. The van der Waals surface area contributed by atoms with Crippen LogP contribution in [-0.4, -0.2) is 22.1 Å². The molecule has 4 heteroatoms. The first-order valence-corrected chi connectivity index (χ1v) is 6.65. The summed E-state index contributed by atoms with van der Waals surface area (Å²) in [5.74, 6) is 0.000972. The number of carbonyl (C=O) groups excluding carboxylic acids is 2. The number of carbonyl (C=O) groups is 2. The van der Waals surface area contributed by atoms with Crippen LogP contribution in [0.1, 0.15) is 44.5 Å². The Morgan fingerprint density at radius 3 is 2.59 bits per heavy atom. The number of ketones is 1. The molecule has 2 heterocycles. The second-order valence-corrected chi connectivity index (χ2v) is 6.36. The molecule has 0 N–H and O–H groups in total. The molecular formula is C13H17NO2S. The zero-order valence-electron chi connectivity index (χ0n) is 10.4. The minimum absolute atomic E-state index is 0.0489. The van der Waals surface area contributed by atoms with Gasteiger partial charge in [-0.05, 0) is 32.2 Å². The Balaban J connectivity index is 2.38. The van der Waals surface area contributed by atoms with Gasteiger partial charge in [-0.2, -0.15) is 0 Å². The highest BCUT2D eigenvalue weighted by molar-refractivity contribution is 7.10. The van der Waals surface area contributed by atoms with Crippen LogP contribution in [-0.2, 0) is 9.59 Å². The molecule has 0 aromatic carbocycles. The third-order valence-electron chi connectivity index (χ3n) is 2.94. The minimum Gasteiger partial charge on any atom is -0.329 e. The molecule has 1 amide bonds. The standard InChI is InChI=1S/C13H17NO2S/c1-13(2,3)14-10(11-5-4-6-17-11)7-9(15)8-12(14)16/h4-6,10H,7-8H2,1-3H3. The average Bonchev–Trinajstić information content (AvgIpc) is 2.65. The van der Waals surface area contributed by atoms with Gasteiger partial charge >= 0.3 is 0 Å². The third kappa shape index (κ3) is 2.41. The first-order chi connectivity index (χ1) is 7.89. The molecule has 0 saturated carbocycles. The molecule has 1 aliphatic rings. The molecule has 92 valence electrons. The van der Waals surface area contributed by atoms with E-state index in [0.717, 1.165) is 4.88 Å². The van der Waals surface area contributed by atoms with Gasteiger partial charge in [-0.25, -0.2) is 0 Å². The van der Waals surface area contributed by atoms with E-state index in [1.54, 1.807) is 11.3 Å². The minimum atomic E-state index is -0.244. The Kier molecular flexibility index (Phi) is 3.08. The topological polar surface area (TPSA) is 37.4 Å². The van der Waals surface area contributed by atoms with E-state index in [4.69, 9.17) is 0 Å². The lowest BCUT2D eigenvalue weighted by atomic mass is 9.92. The van der Waals surface area contributed by atoms with Crippen LogP contribution in [0.2, 0.25) is 0 Å². The first kappa shape index (κ1) is 12.3. The van der Waals surface area contributed by atoms with Crippen molar-refractivity contribution in [3.8, 4) is 0 Å². The maximum Gasteiger partial charge on any atom is 0.231 e. The summed E-state index contributed by atoms with van der Waals surface area (Å²) >= 11 is 1.61. The van der Waals surface area contributed by atoms with Gasteiger partial charge in [0.1, 0.15) is 5.78 Å². The fraction of sp³-hybridized carbons (Fsp3) is 0.538. The van der Waals surface area contributed by atoms with Crippen LogP contribution in [0.5, 0.6) is 0 Å². The summed E-state index contributed by atoms with van der Waals surface area (Å²) in [6.45, 7) is 6.05. The Bertz CT molecular complexity index is 431. The maximum absolute atomic E-state index is 12.1. The molecule has 1 fully saturated rings. The van der Waals surface area contributed by atoms with Crippen molar-refractivity contribution in [1.82, 2.24) is 4.90 Å². The number of piperidine rings is 1. The molecule has 0 bridgehead atoms. The lowest BCUT2D eigenvalue weighted by Gasteiger charge is -2.43. The molecular weight excluding hydrogens is 234 g/mol. The van der Waals surface area contributed by atoms with Crippen molar-refractivity contribution in [2.45, 2.75) is 45.2 Å². The van der Waals surface area contributed by atoms with Crippen LogP contribution in [0.15, 0.2) is 17.5 Å². The van der Waals surface area contributed by atoms with Crippen LogP contribution in [0.25, 0.3) is 0 Å². The molecule has 1 unspecified atom stereocenters. The molecule has 0 spiro atoms. The van der Waals surface area contributed by atoms with Gasteiger partial charge in [-0.15, -0.1) is 11.3 Å². The Hall–Kier alpha value is -1.16. The third-order valence-corrected chi connectivity index (χ3v) is 3.92. The summed E-state index contributed by atoms with van der Waals surface area (Å²) in [6, 6.07) is 3.88. The molecule has 2 rings (SSSR count). The van der Waals surface area contributed by atoms with Gasteiger partial charge in [0.15, 0.2) is 0 Å². The SMILES string of the molecule is CC(C)(C)N1C(=O)CC(=O)CC1c1cccs1. The molecule has 1 atom stereocenters. The molecule has 1 aliphatic heterocycles. The highest BCUT2D eigenvalue weighted by Crippen LogP contribution is 2.37. The summed E-state index contributed by atoms with van der Waals surface area (Å²) in [7, 11) is 0. The van der Waals surface area contributed by atoms with Gasteiger partial charge in [-0.1, -0.05) is 6.07 Å². The van der Waals surface area contributed by atoms with Crippen LogP contribution in [0.4, 0.5) is 0 Å². The Morgan fingerprint density at radius 2 is 2.06 bits per heavy atom. The van der Waals surface area contributed by atoms with Crippen LogP contribution in [0, 0.1) is 0 Å². The number of hydrogen-bond acceptors (Lipinski definition) is 3. The van der Waals surface area contributed by atoms with Gasteiger partial charge in [0.25, 0.3) is 0 Å². The van der Waals surface area contributed by atoms with E-state index in [1.807, 2.05) is 43.2 Å². The zero-order chi connectivity index (χ0) is 12.6. The molecule has 1 saturated heterocycles. The largest absolute Gasteiger partial charge is 0.329 e. The van der Waals surface area contributed by atoms with E-state index in [-0.39, 0.29) is 29.7 Å². The average molecular weight is 251 g/mol. The quantitative estimate of drug-likeness (QED) is 0.720. The predicted molar refractivity (Wildman–Crippen MR) is 67.9 cm³/mol. The van der Waals surface area contributed by atoms with Crippen molar-refractivity contribution < 1.29 is 9.59 Å². The van der Waals surface area contributed by atoms with Crippen molar-refractivity contribution >= 4 is 23.0 Å². The Labute approximate surface area is 105 Å². The number of Topliss-reactive ketones (excluding diaryl/α,β-unsaturated/α-hetero) is 1. The number of amides is 1. The van der Waals surface area contributed by atoms with Crippen LogP contribution >= 0.6 is 11.3 Å². The lowest BCUT2D eigenvalue weighted by molar-refractivity contribution is -0.148. The molecule has 17 heavy (non-hydrogen) atoms. The van der Waals surface area contributed by atoms with E-state index in [2.05, 4.69) is 0 Å². The van der Waals surface area contributed by atoms with Crippen molar-refractivity contribution in [2.24, 2.45) is 0 Å². The molecule has 1 aromatic rings. The maximum atomic E-state index is 12.1. The van der Waals surface area contributed by atoms with Gasteiger partial charge < -0.3 is 4.90 Å². The van der Waals surface area contributed by atoms with Crippen molar-refractivity contribution in [3.63, 3.8) is 0 Å². The van der Waals surface area contributed by atoms with Gasteiger partial charge in [0.2, 0.25) is 5.91 Å². The summed E-state index contributed by atoms with van der Waals surface area (Å²) < 4.78 is 0. The van der Waals surface area contributed by atoms with E-state index in [1.165, 1.54) is 0 Å². The van der Waals surface area contributed by atoms with E-state index >= 15 is 0 Å². The first-order valence-electron chi connectivity index (χ1n) is 5.77.